The smallest absolute Gasteiger partial charge is 0.200 e. The number of phenolic OH excluding ortho intramolecular Hbond substituents is 1. The third-order valence-electron chi connectivity index (χ3n) is 3.84. The van der Waals surface area contributed by atoms with Crippen LogP contribution in [0.3, 0.4) is 0 Å². The normalized spacial score (nSPS) is 11.2. The molecule has 4 nitrogen and oxygen atoms in total. The largest absolute Gasteiger partial charge is 0.508 e. The number of aromatic hydroxyl groups is 1. The molecule has 0 radical (unpaired) electrons. The minimum Gasteiger partial charge on any atom is -0.508 e. The lowest BCUT2D eigenvalue weighted by Crippen LogP contribution is -2.10. The fourth-order valence-corrected chi connectivity index (χ4v) is 2.67. The van der Waals surface area contributed by atoms with Crippen LogP contribution in [-0.2, 0) is 0 Å². The number of rotatable bonds is 3. The van der Waals surface area contributed by atoms with Crippen molar-refractivity contribution in [3.8, 4) is 16.9 Å². The molecule has 0 aliphatic heterocycles. The number of carbonyl (C=O) groups is 1. The van der Waals surface area contributed by atoms with Crippen molar-refractivity contribution in [3.05, 3.63) is 63.8 Å². The molecule has 3 rings (SSSR count). The number of aldehydes is 1. The van der Waals surface area contributed by atoms with Crippen molar-refractivity contribution in [3.63, 3.8) is 0 Å². The Morgan fingerprint density at radius 2 is 1.92 bits per heavy atom. The van der Waals surface area contributed by atoms with Gasteiger partial charge in [0.1, 0.15) is 22.9 Å². The second-order valence-electron chi connectivity index (χ2n) is 5.86. The van der Waals surface area contributed by atoms with Gasteiger partial charge in [-0.25, -0.2) is 4.39 Å². The monoisotopic (exact) mass is 326 g/mol. The van der Waals surface area contributed by atoms with Gasteiger partial charge in [0.25, 0.3) is 0 Å². The maximum Gasteiger partial charge on any atom is 0.200 e. The van der Waals surface area contributed by atoms with Gasteiger partial charge in [0.15, 0.2) is 6.29 Å². The molecule has 0 fully saturated rings. The predicted molar refractivity (Wildman–Crippen MR) is 89.0 cm³/mol. The Morgan fingerprint density at radius 1 is 1.17 bits per heavy atom. The lowest BCUT2D eigenvalue weighted by molar-refractivity contribution is 0.112. The average molecular weight is 326 g/mol. The van der Waals surface area contributed by atoms with Crippen LogP contribution in [-0.4, -0.2) is 11.4 Å². The van der Waals surface area contributed by atoms with E-state index >= 15 is 0 Å². The minimum absolute atomic E-state index is 0.00173. The molecule has 0 amide bonds. The van der Waals surface area contributed by atoms with Gasteiger partial charge in [0.2, 0.25) is 5.43 Å². The summed E-state index contributed by atoms with van der Waals surface area (Å²) in [6.07, 6.45) is 0.411. The third-order valence-corrected chi connectivity index (χ3v) is 3.84. The van der Waals surface area contributed by atoms with Gasteiger partial charge < -0.3 is 9.52 Å². The van der Waals surface area contributed by atoms with E-state index in [0.717, 1.165) is 6.07 Å². The fourth-order valence-electron chi connectivity index (χ4n) is 2.67. The molecule has 0 aliphatic carbocycles. The second kappa shape index (κ2) is 5.92. The quantitative estimate of drug-likeness (QED) is 0.731. The van der Waals surface area contributed by atoms with Crippen molar-refractivity contribution in [1.29, 1.82) is 0 Å². The zero-order valence-corrected chi connectivity index (χ0v) is 13.2. The van der Waals surface area contributed by atoms with Gasteiger partial charge in [-0.1, -0.05) is 19.9 Å². The summed E-state index contributed by atoms with van der Waals surface area (Å²) >= 11 is 0. The van der Waals surface area contributed by atoms with E-state index in [1.807, 2.05) is 13.8 Å². The first kappa shape index (κ1) is 15.9. The summed E-state index contributed by atoms with van der Waals surface area (Å²) < 4.78 is 19.4. The molecule has 0 aliphatic rings. The second-order valence-corrected chi connectivity index (χ2v) is 5.86. The van der Waals surface area contributed by atoms with Gasteiger partial charge in [0.05, 0.1) is 16.5 Å². The van der Waals surface area contributed by atoms with E-state index in [2.05, 4.69) is 0 Å². The molecule has 0 bridgehead atoms. The Balaban J connectivity index is 2.40. The average Bonchev–Trinajstić information content (AvgIpc) is 2.55. The molecule has 3 aromatic rings. The number of benzene rings is 2. The standard InChI is InChI=1S/C19H15FO4/c1-10(2)19-17(11-3-6-15(20)12(7-11)9-21)18(23)14-5-4-13(22)8-16(14)24-19/h3-10,22H,1-2H3. The Hall–Kier alpha value is -2.95. The zero-order valence-electron chi connectivity index (χ0n) is 13.2. The van der Waals surface area contributed by atoms with Crippen LogP contribution in [0.15, 0.2) is 45.6 Å². The van der Waals surface area contributed by atoms with Crippen LogP contribution in [0.5, 0.6) is 5.75 Å². The first-order valence-corrected chi connectivity index (χ1v) is 7.47. The number of fused-ring (bicyclic) bond motifs is 1. The number of carbonyl (C=O) groups excluding carboxylic acids is 1. The van der Waals surface area contributed by atoms with Crippen molar-refractivity contribution >= 4 is 17.3 Å². The first-order chi connectivity index (χ1) is 11.4. The van der Waals surface area contributed by atoms with E-state index < -0.39 is 5.82 Å². The van der Waals surface area contributed by atoms with E-state index in [1.54, 1.807) is 0 Å². The highest BCUT2D eigenvalue weighted by atomic mass is 19.1. The van der Waals surface area contributed by atoms with Crippen LogP contribution in [0.25, 0.3) is 22.1 Å². The minimum atomic E-state index is -0.644. The molecule has 24 heavy (non-hydrogen) atoms. The van der Waals surface area contributed by atoms with E-state index in [-0.39, 0.29) is 28.2 Å². The number of phenols is 1. The van der Waals surface area contributed by atoms with Crippen LogP contribution in [0.2, 0.25) is 0 Å². The van der Waals surface area contributed by atoms with E-state index in [1.165, 1.54) is 30.3 Å². The molecule has 0 atom stereocenters. The van der Waals surface area contributed by atoms with Gasteiger partial charge >= 0.3 is 0 Å². The molecule has 1 aromatic heterocycles. The lowest BCUT2D eigenvalue weighted by Gasteiger charge is -2.13. The van der Waals surface area contributed by atoms with Crippen molar-refractivity contribution in [1.82, 2.24) is 0 Å². The van der Waals surface area contributed by atoms with E-state index in [9.17, 15) is 19.1 Å². The summed E-state index contributed by atoms with van der Waals surface area (Å²) in [4.78, 5) is 23.9. The van der Waals surface area contributed by atoms with E-state index in [0.29, 0.717) is 28.6 Å². The summed E-state index contributed by atoms with van der Waals surface area (Å²) in [5.41, 5.74) is 0.596. The van der Waals surface area contributed by atoms with Crippen LogP contribution in [0, 0.1) is 5.82 Å². The maximum absolute atomic E-state index is 13.6. The Bertz CT molecular complexity index is 1000. The molecule has 1 N–H and O–H groups in total. The topological polar surface area (TPSA) is 67.5 Å². The van der Waals surface area contributed by atoms with Crippen molar-refractivity contribution in [2.24, 2.45) is 0 Å². The van der Waals surface area contributed by atoms with Gasteiger partial charge in [-0.2, -0.15) is 0 Å². The van der Waals surface area contributed by atoms with E-state index in [4.69, 9.17) is 4.42 Å². The van der Waals surface area contributed by atoms with Crippen LogP contribution in [0.4, 0.5) is 4.39 Å². The van der Waals surface area contributed by atoms with Crippen molar-refractivity contribution in [2.45, 2.75) is 19.8 Å². The van der Waals surface area contributed by atoms with Gasteiger partial charge in [0, 0.05) is 12.0 Å². The highest BCUT2D eigenvalue weighted by molar-refractivity contribution is 5.85. The summed E-state index contributed by atoms with van der Waals surface area (Å²) in [5, 5.41) is 9.90. The molecule has 0 spiro atoms. The number of halogens is 1. The van der Waals surface area contributed by atoms with Crippen molar-refractivity contribution in [2.75, 3.05) is 0 Å². The molecule has 122 valence electrons. The molecule has 2 aromatic carbocycles. The van der Waals surface area contributed by atoms with Crippen LogP contribution >= 0.6 is 0 Å². The summed E-state index contributed by atoms with van der Waals surface area (Å²) in [7, 11) is 0. The molecule has 0 unspecified atom stereocenters. The highest BCUT2D eigenvalue weighted by Crippen LogP contribution is 2.31. The first-order valence-electron chi connectivity index (χ1n) is 7.47. The molecule has 0 saturated carbocycles. The molecule has 1 heterocycles. The molecular weight excluding hydrogens is 311 g/mol. The van der Waals surface area contributed by atoms with Gasteiger partial charge in [-0.15, -0.1) is 0 Å². The predicted octanol–water partition coefficient (Wildman–Crippen LogP) is 4.24. The molecule has 0 saturated heterocycles. The lowest BCUT2D eigenvalue weighted by atomic mass is 9.95. The van der Waals surface area contributed by atoms with Crippen molar-refractivity contribution < 1.29 is 18.7 Å². The van der Waals surface area contributed by atoms with Gasteiger partial charge in [-0.3, -0.25) is 9.59 Å². The highest BCUT2D eigenvalue weighted by Gasteiger charge is 2.19. The Kier molecular flexibility index (Phi) is 3.93. The SMILES string of the molecule is CC(C)c1oc2cc(O)ccc2c(=O)c1-c1ccc(F)c(C=O)c1. The Labute approximate surface area is 137 Å². The summed E-state index contributed by atoms with van der Waals surface area (Å²) in [6.45, 7) is 3.72. The third kappa shape index (κ3) is 2.58. The summed E-state index contributed by atoms with van der Waals surface area (Å²) in [6, 6.07) is 8.21. The zero-order chi connectivity index (χ0) is 17.4. The number of hydrogen-bond acceptors (Lipinski definition) is 4. The molecule has 5 heteroatoms. The fraction of sp³-hybridized carbons (Fsp3) is 0.158. The van der Waals surface area contributed by atoms with Gasteiger partial charge in [-0.05, 0) is 29.8 Å². The maximum atomic E-state index is 13.6. The number of hydrogen-bond donors (Lipinski definition) is 1. The van der Waals surface area contributed by atoms with Crippen LogP contribution in [0.1, 0.15) is 35.9 Å². The molecular formula is C19H15FO4. The van der Waals surface area contributed by atoms with Crippen LogP contribution < -0.4 is 5.43 Å². The summed E-state index contributed by atoms with van der Waals surface area (Å²) in [5.74, 6) is -0.348. The Morgan fingerprint density at radius 3 is 2.58 bits per heavy atom.